The quantitative estimate of drug-likeness (QED) is 0.511. The van der Waals surface area contributed by atoms with Gasteiger partial charge in [0.25, 0.3) is 0 Å². The lowest BCUT2D eigenvalue weighted by Gasteiger charge is -2.17. The van der Waals surface area contributed by atoms with Gasteiger partial charge >= 0.3 is 0 Å². The normalized spacial score (nSPS) is 40.6. The number of hydrogen-bond acceptors (Lipinski definition) is 0. The van der Waals surface area contributed by atoms with E-state index in [1.807, 2.05) is 0 Å². The average molecular weight is 162 g/mol. The van der Waals surface area contributed by atoms with E-state index in [9.17, 15) is 0 Å². The molecule has 12 heavy (non-hydrogen) atoms. The second-order valence-electron chi connectivity index (χ2n) is 4.34. The number of hydrogen-bond donors (Lipinski definition) is 0. The summed E-state index contributed by atoms with van der Waals surface area (Å²) in [4.78, 5) is 0. The van der Waals surface area contributed by atoms with Crippen LogP contribution in [-0.4, -0.2) is 0 Å². The Balaban J connectivity index is 2.15. The van der Waals surface area contributed by atoms with Gasteiger partial charge in [-0.3, -0.25) is 0 Å². The van der Waals surface area contributed by atoms with Gasteiger partial charge in [-0.1, -0.05) is 44.1 Å². The summed E-state index contributed by atoms with van der Waals surface area (Å²) in [6, 6.07) is 0. The maximum atomic E-state index is 2.41. The number of rotatable bonds is 0. The van der Waals surface area contributed by atoms with E-state index in [4.69, 9.17) is 0 Å². The Morgan fingerprint density at radius 3 is 2.83 bits per heavy atom. The zero-order valence-electron chi connectivity index (χ0n) is 7.87. The van der Waals surface area contributed by atoms with Gasteiger partial charge in [0.1, 0.15) is 0 Å². The predicted octanol–water partition coefficient (Wildman–Crippen LogP) is 3.55. The highest BCUT2D eigenvalue weighted by Gasteiger charge is 2.22. The molecule has 0 aliphatic heterocycles. The van der Waals surface area contributed by atoms with Gasteiger partial charge in [0, 0.05) is 0 Å². The molecular weight excluding hydrogens is 144 g/mol. The molecule has 2 aliphatic carbocycles. The van der Waals surface area contributed by atoms with E-state index < -0.39 is 0 Å². The summed E-state index contributed by atoms with van der Waals surface area (Å²) in [6.45, 7) is 2.41. The van der Waals surface area contributed by atoms with Crippen LogP contribution >= 0.6 is 0 Å². The van der Waals surface area contributed by atoms with Crippen LogP contribution in [0.4, 0.5) is 0 Å². The summed E-state index contributed by atoms with van der Waals surface area (Å²) in [7, 11) is 0. The first-order chi connectivity index (χ1) is 5.86. The summed E-state index contributed by atoms with van der Waals surface area (Å²) in [5.74, 6) is 2.63. The SMILES string of the molecule is CC1CCCC2C=CC=CC1C2. The van der Waals surface area contributed by atoms with Crippen LogP contribution in [-0.2, 0) is 0 Å². The lowest BCUT2D eigenvalue weighted by atomic mass is 9.88. The van der Waals surface area contributed by atoms with Crippen LogP contribution in [0.25, 0.3) is 0 Å². The molecule has 1 saturated carbocycles. The third-order valence-corrected chi connectivity index (χ3v) is 3.39. The minimum Gasteiger partial charge on any atom is -0.0814 e. The molecular formula is C12H18. The summed E-state index contributed by atoms with van der Waals surface area (Å²) < 4.78 is 0. The molecule has 0 saturated heterocycles. The Labute approximate surface area is 75.4 Å². The van der Waals surface area contributed by atoms with Gasteiger partial charge in [-0.2, -0.15) is 0 Å². The van der Waals surface area contributed by atoms with Crippen molar-refractivity contribution in [2.45, 2.75) is 32.6 Å². The van der Waals surface area contributed by atoms with Crippen molar-refractivity contribution in [2.24, 2.45) is 17.8 Å². The molecule has 0 amide bonds. The molecule has 66 valence electrons. The lowest BCUT2D eigenvalue weighted by molar-refractivity contribution is 0.391. The van der Waals surface area contributed by atoms with Crippen molar-refractivity contribution in [3.8, 4) is 0 Å². The molecule has 0 heteroatoms. The first kappa shape index (κ1) is 8.10. The second kappa shape index (κ2) is 3.47. The van der Waals surface area contributed by atoms with Crippen LogP contribution in [0, 0.1) is 17.8 Å². The monoisotopic (exact) mass is 162 g/mol. The van der Waals surface area contributed by atoms with Crippen molar-refractivity contribution < 1.29 is 0 Å². The fourth-order valence-electron chi connectivity index (χ4n) is 2.49. The lowest BCUT2D eigenvalue weighted by Crippen LogP contribution is -2.08. The van der Waals surface area contributed by atoms with E-state index in [1.54, 1.807) is 0 Å². The van der Waals surface area contributed by atoms with Crippen molar-refractivity contribution in [1.82, 2.24) is 0 Å². The highest BCUT2D eigenvalue weighted by atomic mass is 14.3. The molecule has 0 N–H and O–H groups in total. The van der Waals surface area contributed by atoms with Crippen molar-refractivity contribution in [1.29, 1.82) is 0 Å². The minimum absolute atomic E-state index is 0.854. The third kappa shape index (κ3) is 1.63. The van der Waals surface area contributed by atoms with Gasteiger partial charge in [-0.25, -0.2) is 0 Å². The molecule has 0 aromatic carbocycles. The zero-order valence-corrected chi connectivity index (χ0v) is 7.87. The fourth-order valence-corrected chi connectivity index (χ4v) is 2.49. The average Bonchev–Trinajstić information content (AvgIpc) is 2.38. The van der Waals surface area contributed by atoms with Crippen LogP contribution < -0.4 is 0 Å². The van der Waals surface area contributed by atoms with E-state index >= 15 is 0 Å². The Bertz CT molecular complexity index is 200. The fraction of sp³-hybridized carbons (Fsp3) is 0.667. The van der Waals surface area contributed by atoms with E-state index in [1.165, 1.54) is 25.7 Å². The van der Waals surface area contributed by atoms with Crippen LogP contribution in [0.3, 0.4) is 0 Å². The van der Waals surface area contributed by atoms with Crippen LogP contribution in [0.5, 0.6) is 0 Å². The first-order valence-electron chi connectivity index (χ1n) is 5.21. The second-order valence-corrected chi connectivity index (χ2v) is 4.34. The molecule has 0 radical (unpaired) electrons. The van der Waals surface area contributed by atoms with E-state index in [2.05, 4.69) is 31.2 Å². The molecule has 1 fully saturated rings. The highest BCUT2D eigenvalue weighted by molar-refractivity contribution is 5.11. The highest BCUT2D eigenvalue weighted by Crippen LogP contribution is 2.34. The molecule has 0 nitrogen and oxygen atoms in total. The van der Waals surface area contributed by atoms with Gasteiger partial charge in [0.2, 0.25) is 0 Å². The van der Waals surface area contributed by atoms with Gasteiger partial charge in [0.05, 0.1) is 0 Å². The smallest absolute Gasteiger partial charge is 0.0199 e. The molecule has 0 aromatic heterocycles. The molecule has 0 heterocycles. The topological polar surface area (TPSA) is 0 Å². The first-order valence-corrected chi connectivity index (χ1v) is 5.21. The van der Waals surface area contributed by atoms with Crippen molar-refractivity contribution in [2.75, 3.05) is 0 Å². The van der Waals surface area contributed by atoms with E-state index in [0.29, 0.717) is 0 Å². The molecule has 3 unspecified atom stereocenters. The molecule has 2 bridgehead atoms. The van der Waals surface area contributed by atoms with Crippen LogP contribution in [0.1, 0.15) is 32.6 Å². The van der Waals surface area contributed by atoms with Crippen molar-refractivity contribution >= 4 is 0 Å². The van der Waals surface area contributed by atoms with Gasteiger partial charge in [-0.05, 0) is 30.6 Å². The standard InChI is InChI=1S/C12H18/c1-10-5-4-7-11-6-2-3-8-12(10)9-11/h2-3,6,8,10-12H,4-5,7,9H2,1H3. The maximum Gasteiger partial charge on any atom is -0.0199 e. The summed E-state index contributed by atoms with van der Waals surface area (Å²) in [5, 5.41) is 0. The maximum absolute atomic E-state index is 2.41. The summed E-state index contributed by atoms with van der Waals surface area (Å²) >= 11 is 0. The predicted molar refractivity (Wildman–Crippen MR) is 52.9 cm³/mol. The molecule has 2 aliphatic rings. The van der Waals surface area contributed by atoms with Crippen LogP contribution in [0.2, 0.25) is 0 Å². The Hall–Kier alpha value is -0.520. The van der Waals surface area contributed by atoms with E-state index in [-0.39, 0.29) is 0 Å². The molecule has 2 rings (SSSR count). The summed E-state index contributed by atoms with van der Waals surface area (Å²) in [6.07, 6.45) is 15.0. The van der Waals surface area contributed by atoms with E-state index in [0.717, 1.165) is 17.8 Å². The van der Waals surface area contributed by atoms with Crippen molar-refractivity contribution in [3.05, 3.63) is 24.3 Å². The third-order valence-electron chi connectivity index (χ3n) is 3.39. The summed E-state index contributed by atoms with van der Waals surface area (Å²) in [5.41, 5.74) is 0. The molecule has 3 atom stereocenters. The van der Waals surface area contributed by atoms with Crippen molar-refractivity contribution in [3.63, 3.8) is 0 Å². The Morgan fingerprint density at radius 1 is 1.08 bits per heavy atom. The largest absolute Gasteiger partial charge is 0.0814 e. The van der Waals surface area contributed by atoms with Gasteiger partial charge in [0.15, 0.2) is 0 Å². The number of allylic oxidation sites excluding steroid dienone is 4. The molecule has 0 spiro atoms. The van der Waals surface area contributed by atoms with Gasteiger partial charge < -0.3 is 0 Å². The number of fused-ring (bicyclic) bond motifs is 2. The Kier molecular flexibility index (Phi) is 2.34. The zero-order chi connectivity index (χ0) is 8.39. The van der Waals surface area contributed by atoms with Crippen LogP contribution in [0.15, 0.2) is 24.3 Å². The minimum atomic E-state index is 0.854. The Morgan fingerprint density at radius 2 is 1.92 bits per heavy atom. The molecule has 0 aromatic rings. The van der Waals surface area contributed by atoms with Gasteiger partial charge in [-0.15, -0.1) is 0 Å².